The van der Waals surface area contributed by atoms with Gasteiger partial charge in [0.1, 0.15) is 17.4 Å². The van der Waals surface area contributed by atoms with Gasteiger partial charge in [-0.2, -0.15) is 5.26 Å². The molecule has 0 amide bonds. The van der Waals surface area contributed by atoms with E-state index in [0.717, 1.165) is 10.8 Å². The number of nitrogens with zero attached hydrogens (tertiary/aromatic N) is 1. The number of phenolic OH excluding ortho intramolecular Hbond substituents is 1. The van der Waals surface area contributed by atoms with E-state index in [1.807, 2.05) is 24.3 Å². The molecule has 3 aromatic rings. The molecule has 1 aliphatic rings. The number of fused-ring (bicyclic) bond motifs is 3. The molecule has 5 nitrogen and oxygen atoms in total. The van der Waals surface area contributed by atoms with E-state index in [-0.39, 0.29) is 23.0 Å². The first-order valence-electron chi connectivity index (χ1n) is 8.31. The van der Waals surface area contributed by atoms with Crippen LogP contribution in [-0.4, -0.2) is 12.2 Å². The highest BCUT2D eigenvalue weighted by molar-refractivity contribution is 9.10. The Bertz CT molecular complexity index is 1200. The Balaban J connectivity index is 2.06. The van der Waals surface area contributed by atoms with E-state index in [1.54, 1.807) is 18.2 Å². The number of hydrogen-bond donors (Lipinski definition) is 2. The van der Waals surface area contributed by atoms with E-state index >= 15 is 0 Å². The molecule has 1 aliphatic heterocycles. The van der Waals surface area contributed by atoms with E-state index in [9.17, 15) is 10.4 Å². The third-order valence-corrected chi connectivity index (χ3v) is 5.69. The first-order chi connectivity index (χ1) is 13.5. The Kier molecular flexibility index (Phi) is 4.58. The van der Waals surface area contributed by atoms with Crippen LogP contribution in [0.25, 0.3) is 10.8 Å². The van der Waals surface area contributed by atoms with Crippen molar-refractivity contribution in [3.63, 3.8) is 0 Å². The lowest BCUT2D eigenvalue weighted by molar-refractivity contribution is 0.370. The molecule has 3 N–H and O–H groups in total. The number of ether oxygens (including phenoxy) is 2. The van der Waals surface area contributed by atoms with Crippen molar-refractivity contribution in [2.75, 3.05) is 7.11 Å². The quantitative estimate of drug-likeness (QED) is 0.553. The SMILES string of the molecule is COc1cc([C@@H]2C(C#N)=C(N)Oc3c2cc(Cl)c2ccccc32)cc(Br)c1O. The lowest BCUT2D eigenvalue weighted by Crippen LogP contribution is -2.21. The van der Waals surface area contributed by atoms with Crippen LogP contribution in [0.3, 0.4) is 0 Å². The zero-order valence-electron chi connectivity index (χ0n) is 14.7. The summed E-state index contributed by atoms with van der Waals surface area (Å²) in [7, 11) is 1.46. The maximum atomic E-state index is 10.2. The Morgan fingerprint density at radius 2 is 1.96 bits per heavy atom. The van der Waals surface area contributed by atoms with E-state index < -0.39 is 5.92 Å². The molecule has 28 heavy (non-hydrogen) atoms. The summed E-state index contributed by atoms with van der Waals surface area (Å²) in [5.74, 6) is 0.327. The number of phenols is 1. The fraction of sp³-hybridized carbons (Fsp3) is 0.0952. The normalized spacial score (nSPS) is 15.7. The van der Waals surface area contributed by atoms with Crippen LogP contribution in [-0.2, 0) is 0 Å². The molecule has 3 aromatic carbocycles. The fourth-order valence-electron chi connectivity index (χ4n) is 3.50. The molecule has 4 rings (SSSR count). The number of aromatic hydroxyl groups is 1. The second kappa shape index (κ2) is 6.93. The second-order valence-corrected chi connectivity index (χ2v) is 7.56. The number of methoxy groups -OCH3 is 1. The van der Waals surface area contributed by atoms with Crippen LogP contribution in [0.5, 0.6) is 17.2 Å². The van der Waals surface area contributed by atoms with Crippen LogP contribution in [0.2, 0.25) is 5.02 Å². The van der Waals surface area contributed by atoms with Gasteiger partial charge in [-0.05, 0) is 39.7 Å². The maximum absolute atomic E-state index is 10.2. The van der Waals surface area contributed by atoms with Crippen LogP contribution in [0.4, 0.5) is 0 Å². The third kappa shape index (κ3) is 2.75. The predicted molar refractivity (Wildman–Crippen MR) is 111 cm³/mol. The maximum Gasteiger partial charge on any atom is 0.205 e. The third-order valence-electron chi connectivity index (χ3n) is 4.78. The molecule has 1 atom stereocenters. The largest absolute Gasteiger partial charge is 0.503 e. The molecule has 7 heteroatoms. The van der Waals surface area contributed by atoms with Gasteiger partial charge in [-0.3, -0.25) is 0 Å². The monoisotopic (exact) mass is 456 g/mol. The van der Waals surface area contributed by atoms with Crippen molar-refractivity contribution < 1.29 is 14.6 Å². The van der Waals surface area contributed by atoms with Crippen LogP contribution >= 0.6 is 27.5 Å². The molecule has 0 fully saturated rings. The van der Waals surface area contributed by atoms with Crippen LogP contribution in [0.15, 0.2) is 58.4 Å². The molecule has 0 unspecified atom stereocenters. The molecule has 0 radical (unpaired) electrons. The summed E-state index contributed by atoms with van der Waals surface area (Å²) in [6.07, 6.45) is 0. The Morgan fingerprint density at radius 1 is 1.25 bits per heavy atom. The number of nitriles is 1. The van der Waals surface area contributed by atoms with Gasteiger partial charge in [0.05, 0.1) is 17.5 Å². The molecular formula is C21H14BrClN2O3. The van der Waals surface area contributed by atoms with Crippen molar-refractivity contribution in [3.8, 4) is 23.3 Å². The summed E-state index contributed by atoms with van der Waals surface area (Å²) in [6, 6.07) is 14.9. The summed E-state index contributed by atoms with van der Waals surface area (Å²) < 4.78 is 11.6. The van der Waals surface area contributed by atoms with Gasteiger partial charge < -0.3 is 20.3 Å². The summed E-state index contributed by atoms with van der Waals surface area (Å²) in [4.78, 5) is 0. The highest BCUT2D eigenvalue weighted by atomic mass is 79.9. The standard InChI is InChI=1S/C21H14BrClN2O3/c1-27-17-7-10(6-15(22)19(17)26)18-13-8-16(23)11-4-2-3-5-12(11)20(13)28-21(25)14(18)9-24/h2-8,18,26H,25H2,1H3/t18-/m0/s1. The van der Waals surface area contributed by atoms with Crippen molar-refractivity contribution in [1.82, 2.24) is 0 Å². The summed E-state index contributed by atoms with van der Waals surface area (Å²) in [5.41, 5.74) is 7.79. The van der Waals surface area contributed by atoms with Crippen molar-refractivity contribution in [3.05, 3.63) is 74.5 Å². The summed E-state index contributed by atoms with van der Waals surface area (Å²) in [6.45, 7) is 0. The zero-order chi connectivity index (χ0) is 20.0. The predicted octanol–water partition coefficient (Wildman–Crippen LogP) is 5.19. The molecule has 0 saturated carbocycles. The molecule has 0 aromatic heterocycles. The number of allylic oxidation sites excluding steroid dienone is 1. The topological polar surface area (TPSA) is 88.5 Å². The number of benzene rings is 3. The highest BCUT2D eigenvalue weighted by Crippen LogP contribution is 2.49. The average Bonchev–Trinajstić information content (AvgIpc) is 2.70. The molecule has 0 saturated heterocycles. The van der Waals surface area contributed by atoms with Gasteiger partial charge in [-0.1, -0.05) is 35.9 Å². The van der Waals surface area contributed by atoms with Crippen LogP contribution in [0, 0.1) is 11.3 Å². The molecule has 140 valence electrons. The van der Waals surface area contributed by atoms with Crippen molar-refractivity contribution >= 4 is 38.3 Å². The molecule has 0 aliphatic carbocycles. The summed E-state index contributed by atoms with van der Waals surface area (Å²) in [5, 5.41) is 22.1. The van der Waals surface area contributed by atoms with Gasteiger partial charge in [-0.25, -0.2) is 0 Å². The van der Waals surface area contributed by atoms with Crippen LogP contribution < -0.4 is 15.2 Å². The van der Waals surface area contributed by atoms with Crippen LogP contribution in [0.1, 0.15) is 17.0 Å². The first-order valence-corrected chi connectivity index (χ1v) is 9.48. The number of halogens is 2. The van der Waals surface area contributed by atoms with Crippen molar-refractivity contribution in [2.24, 2.45) is 5.73 Å². The van der Waals surface area contributed by atoms with Gasteiger partial charge in [0.25, 0.3) is 0 Å². The lowest BCUT2D eigenvalue weighted by Gasteiger charge is -2.28. The fourth-order valence-corrected chi connectivity index (χ4v) is 4.24. The molecule has 0 spiro atoms. The van der Waals surface area contributed by atoms with Gasteiger partial charge in [0.2, 0.25) is 5.88 Å². The van der Waals surface area contributed by atoms with Gasteiger partial charge in [-0.15, -0.1) is 0 Å². The Morgan fingerprint density at radius 3 is 2.64 bits per heavy atom. The average molecular weight is 458 g/mol. The number of hydrogen-bond acceptors (Lipinski definition) is 5. The van der Waals surface area contributed by atoms with Gasteiger partial charge in [0.15, 0.2) is 11.5 Å². The van der Waals surface area contributed by atoms with Crippen molar-refractivity contribution in [1.29, 1.82) is 5.26 Å². The van der Waals surface area contributed by atoms with Crippen molar-refractivity contribution in [2.45, 2.75) is 5.92 Å². The first kappa shape index (κ1) is 18.5. The summed E-state index contributed by atoms with van der Waals surface area (Å²) >= 11 is 9.87. The van der Waals surface area contributed by atoms with E-state index in [0.29, 0.717) is 26.4 Å². The number of rotatable bonds is 2. The van der Waals surface area contributed by atoms with E-state index in [1.165, 1.54) is 7.11 Å². The smallest absolute Gasteiger partial charge is 0.205 e. The minimum atomic E-state index is -0.526. The lowest BCUT2D eigenvalue weighted by atomic mass is 9.82. The Hall–Kier alpha value is -2.88. The van der Waals surface area contributed by atoms with E-state index in [2.05, 4.69) is 22.0 Å². The van der Waals surface area contributed by atoms with Gasteiger partial charge in [0, 0.05) is 21.4 Å². The second-order valence-electron chi connectivity index (χ2n) is 6.30. The minimum absolute atomic E-state index is 0.0227. The Labute approximate surface area is 174 Å². The van der Waals surface area contributed by atoms with E-state index in [4.69, 9.17) is 26.8 Å². The minimum Gasteiger partial charge on any atom is -0.503 e. The molecular weight excluding hydrogens is 444 g/mol. The van der Waals surface area contributed by atoms with Gasteiger partial charge >= 0.3 is 0 Å². The highest BCUT2D eigenvalue weighted by Gasteiger charge is 2.33. The molecule has 1 heterocycles. The zero-order valence-corrected chi connectivity index (χ0v) is 17.0. The number of nitrogens with two attached hydrogens (primary N) is 1. The molecule has 0 bridgehead atoms.